The number of rotatable bonds is 4. The zero-order valence-corrected chi connectivity index (χ0v) is 12.8. The van der Waals surface area contributed by atoms with Gasteiger partial charge in [0.2, 0.25) is 0 Å². The Kier molecular flexibility index (Phi) is 3.81. The number of halogens is 2. The summed E-state index contributed by atoms with van der Waals surface area (Å²) in [5.74, 6) is 0.787. The Bertz CT molecular complexity index is 593. The number of benzene rings is 2. The second-order valence-electron chi connectivity index (χ2n) is 4.96. The minimum Gasteiger partial charge on any atom is -0.381 e. The van der Waals surface area contributed by atoms with Crippen molar-refractivity contribution < 1.29 is 0 Å². The summed E-state index contributed by atoms with van der Waals surface area (Å²) in [4.78, 5) is 0. The summed E-state index contributed by atoms with van der Waals surface area (Å²) in [7, 11) is 0. The van der Waals surface area contributed by atoms with E-state index in [1.807, 2.05) is 18.2 Å². The van der Waals surface area contributed by atoms with E-state index in [4.69, 9.17) is 11.6 Å². The van der Waals surface area contributed by atoms with Gasteiger partial charge in [0.15, 0.2) is 0 Å². The Morgan fingerprint density at radius 3 is 2.68 bits per heavy atom. The van der Waals surface area contributed by atoms with Crippen molar-refractivity contribution in [3.63, 3.8) is 0 Å². The third-order valence-corrected chi connectivity index (χ3v) is 4.69. The summed E-state index contributed by atoms with van der Waals surface area (Å²) >= 11 is 9.45. The molecule has 1 aliphatic rings. The highest BCUT2D eigenvalue weighted by Gasteiger charge is 2.25. The minimum absolute atomic E-state index is 0.740. The van der Waals surface area contributed by atoms with Crippen LogP contribution in [0.4, 0.5) is 5.69 Å². The molecule has 0 saturated heterocycles. The topological polar surface area (TPSA) is 12.0 Å². The number of anilines is 1. The van der Waals surface area contributed by atoms with Gasteiger partial charge >= 0.3 is 0 Å². The summed E-state index contributed by atoms with van der Waals surface area (Å²) in [5, 5.41) is 4.20. The van der Waals surface area contributed by atoms with Crippen LogP contribution in [-0.4, -0.2) is 0 Å². The molecule has 1 fully saturated rings. The maximum absolute atomic E-state index is 6.00. The first kappa shape index (κ1) is 13.0. The lowest BCUT2D eigenvalue weighted by atomic mass is 10.0. The van der Waals surface area contributed by atoms with Gasteiger partial charge in [-0.3, -0.25) is 0 Å². The molecule has 1 nitrogen and oxygen atoms in total. The second-order valence-corrected chi connectivity index (χ2v) is 6.22. The monoisotopic (exact) mass is 335 g/mol. The van der Waals surface area contributed by atoms with Crippen molar-refractivity contribution >= 4 is 33.2 Å². The Hall–Kier alpha value is -0.990. The average molecular weight is 337 g/mol. The van der Waals surface area contributed by atoms with Crippen molar-refractivity contribution in [3.8, 4) is 0 Å². The number of hydrogen-bond acceptors (Lipinski definition) is 1. The Morgan fingerprint density at radius 1 is 1.16 bits per heavy atom. The lowest BCUT2D eigenvalue weighted by Gasteiger charge is -2.11. The Morgan fingerprint density at radius 2 is 1.95 bits per heavy atom. The van der Waals surface area contributed by atoms with Gasteiger partial charge < -0.3 is 5.32 Å². The van der Waals surface area contributed by atoms with E-state index in [0.717, 1.165) is 27.6 Å². The van der Waals surface area contributed by atoms with Gasteiger partial charge in [0.25, 0.3) is 0 Å². The first-order valence-electron chi connectivity index (χ1n) is 6.51. The average Bonchev–Trinajstić information content (AvgIpc) is 3.25. The molecule has 0 spiro atoms. The largest absolute Gasteiger partial charge is 0.381 e. The van der Waals surface area contributed by atoms with Crippen molar-refractivity contribution in [3.05, 3.63) is 63.1 Å². The van der Waals surface area contributed by atoms with Crippen molar-refractivity contribution in [2.75, 3.05) is 5.32 Å². The van der Waals surface area contributed by atoms with Gasteiger partial charge in [-0.1, -0.05) is 35.9 Å². The van der Waals surface area contributed by atoms with E-state index in [-0.39, 0.29) is 0 Å². The highest BCUT2D eigenvalue weighted by molar-refractivity contribution is 9.10. The third kappa shape index (κ3) is 3.13. The van der Waals surface area contributed by atoms with Crippen LogP contribution in [0.3, 0.4) is 0 Å². The summed E-state index contributed by atoms with van der Waals surface area (Å²) < 4.78 is 0.926. The van der Waals surface area contributed by atoms with Crippen molar-refractivity contribution in [2.45, 2.75) is 25.3 Å². The van der Waals surface area contributed by atoms with Crippen LogP contribution in [0.1, 0.15) is 29.9 Å². The first-order valence-corrected chi connectivity index (χ1v) is 7.68. The van der Waals surface area contributed by atoms with E-state index in [1.165, 1.54) is 24.0 Å². The van der Waals surface area contributed by atoms with Crippen LogP contribution >= 0.6 is 27.5 Å². The molecule has 1 aliphatic carbocycles. The SMILES string of the molecule is Clc1ccc(NCc2ccccc2C2CC2)cc1Br. The fourth-order valence-electron chi connectivity index (χ4n) is 2.29. The molecular weight excluding hydrogens is 322 g/mol. The molecule has 1 saturated carbocycles. The van der Waals surface area contributed by atoms with Gasteiger partial charge in [-0.2, -0.15) is 0 Å². The van der Waals surface area contributed by atoms with Gasteiger partial charge in [-0.15, -0.1) is 0 Å². The van der Waals surface area contributed by atoms with Crippen LogP contribution < -0.4 is 5.32 Å². The molecule has 3 heteroatoms. The molecule has 0 radical (unpaired) electrons. The summed E-state index contributed by atoms with van der Waals surface area (Å²) in [6, 6.07) is 14.6. The smallest absolute Gasteiger partial charge is 0.0549 e. The molecule has 0 unspecified atom stereocenters. The van der Waals surface area contributed by atoms with Crippen LogP contribution in [0.25, 0.3) is 0 Å². The van der Waals surface area contributed by atoms with Crippen LogP contribution in [-0.2, 0) is 6.54 Å². The third-order valence-electron chi connectivity index (χ3n) is 3.47. The summed E-state index contributed by atoms with van der Waals surface area (Å²) in [6.45, 7) is 0.862. The van der Waals surface area contributed by atoms with Gasteiger partial charge in [-0.05, 0) is 64.0 Å². The van der Waals surface area contributed by atoms with Crippen LogP contribution in [0.15, 0.2) is 46.9 Å². The molecule has 0 aliphatic heterocycles. The van der Waals surface area contributed by atoms with Gasteiger partial charge in [-0.25, -0.2) is 0 Å². The maximum Gasteiger partial charge on any atom is 0.0549 e. The molecule has 98 valence electrons. The molecule has 3 rings (SSSR count). The molecule has 19 heavy (non-hydrogen) atoms. The van der Waals surface area contributed by atoms with E-state index in [9.17, 15) is 0 Å². The van der Waals surface area contributed by atoms with E-state index in [0.29, 0.717) is 0 Å². The molecule has 0 atom stereocenters. The summed E-state index contributed by atoms with van der Waals surface area (Å²) in [6.07, 6.45) is 2.67. The highest BCUT2D eigenvalue weighted by atomic mass is 79.9. The van der Waals surface area contributed by atoms with E-state index in [1.54, 1.807) is 0 Å². The van der Waals surface area contributed by atoms with Crippen LogP contribution in [0.2, 0.25) is 5.02 Å². The lowest BCUT2D eigenvalue weighted by Crippen LogP contribution is -2.02. The fraction of sp³-hybridized carbons (Fsp3) is 0.250. The standard InChI is InChI=1S/C16H15BrClN/c17-15-9-13(7-8-16(15)18)19-10-12-3-1-2-4-14(12)11-5-6-11/h1-4,7-9,11,19H,5-6,10H2. The molecule has 0 amide bonds. The Labute approximate surface area is 127 Å². The fourth-order valence-corrected chi connectivity index (χ4v) is 2.79. The van der Waals surface area contributed by atoms with Gasteiger partial charge in [0.1, 0.15) is 0 Å². The van der Waals surface area contributed by atoms with E-state index >= 15 is 0 Å². The van der Waals surface area contributed by atoms with Crippen molar-refractivity contribution in [2.24, 2.45) is 0 Å². The van der Waals surface area contributed by atoms with Crippen molar-refractivity contribution in [1.29, 1.82) is 0 Å². The lowest BCUT2D eigenvalue weighted by molar-refractivity contribution is 1.04. The second kappa shape index (κ2) is 5.56. The zero-order valence-electron chi connectivity index (χ0n) is 10.5. The molecule has 1 N–H and O–H groups in total. The highest BCUT2D eigenvalue weighted by Crippen LogP contribution is 2.41. The number of hydrogen-bond donors (Lipinski definition) is 1. The van der Waals surface area contributed by atoms with Crippen LogP contribution in [0, 0.1) is 0 Å². The Balaban J connectivity index is 1.73. The molecule has 2 aromatic carbocycles. The molecule has 0 heterocycles. The van der Waals surface area contributed by atoms with Crippen LogP contribution in [0.5, 0.6) is 0 Å². The summed E-state index contributed by atoms with van der Waals surface area (Å²) in [5.41, 5.74) is 3.99. The van der Waals surface area contributed by atoms with Crippen molar-refractivity contribution in [1.82, 2.24) is 0 Å². The normalized spacial score (nSPS) is 14.4. The minimum atomic E-state index is 0.740. The molecular formula is C16H15BrClN. The number of nitrogens with one attached hydrogen (secondary N) is 1. The van der Waals surface area contributed by atoms with Gasteiger partial charge in [0.05, 0.1) is 5.02 Å². The van der Waals surface area contributed by atoms with Gasteiger partial charge in [0, 0.05) is 16.7 Å². The first-order chi connectivity index (χ1) is 9.24. The molecule has 2 aromatic rings. The zero-order chi connectivity index (χ0) is 13.2. The maximum atomic E-state index is 6.00. The molecule has 0 bridgehead atoms. The van der Waals surface area contributed by atoms with E-state index < -0.39 is 0 Å². The molecule has 0 aromatic heterocycles. The predicted molar refractivity (Wildman–Crippen MR) is 84.9 cm³/mol. The quantitative estimate of drug-likeness (QED) is 0.767. The van der Waals surface area contributed by atoms with E-state index in [2.05, 4.69) is 45.5 Å². The predicted octanol–water partition coefficient (Wildman–Crippen LogP) is 5.59.